The Kier molecular flexibility index (Phi) is 5.55. The van der Waals surface area contributed by atoms with Crippen LogP contribution in [0.3, 0.4) is 0 Å². The highest BCUT2D eigenvalue weighted by atomic mass is 16.2. The zero-order valence-corrected chi connectivity index (χ0v) is 20.4. The third-order valence-electron chi connectivity index (χ3n) is 10.2. The molecule has 4 aliphatic rings. The van der Waals surface area contributed by atoms with Gasteiger partial charge in [0, 0.05) is 37.5 Å². The van der Waals surface area contributed by atoms with Crippen LogP contribution >= 0.6 is 0 Å². The summed E-state index contributed by atoms with van der Waals surface area (Å²) >= 11 is 0. The van der Waals surface area contributed by atoms with Crippen LogP contribution in [-0.4, -0.2) is 46.8 Å². The van der Waals surface area contributed by atoms with Crippen molar-refractivity contribution in [2.45, 2.75) is 111 Å². The van der Waals surface area contributed by atoms with E-state index in [-0.39, 0.29) is 28.8 Å². The van der Waals surface area contributed by atoms with Crippen LogP contribution < -0.4 is 0 Å². The van der Waals surface area contributed by atoms with E-state index in [0.29, 0.717) is 36.1 Å². The van der Waals surface area contributed by atoms with Gasteiger partial charge in [0.2, 0.25) is 11.8 Å². The maximum atomic E-state index is 13.7. The van der Waals surface area contributed by atoms with E-state index >= 15 is 0 Å². The van der Waals surface area contributed by atoms with E-state index in [0.717, 1.165) is 25.2 Å². The second-order valence-corrected chi connectivity index (χ2v) is 12.1. The fourth-order valence-electron chi connectivity index (χ4n) is 8.84. The smallest absolute Gasteiger partial charge is 0.226 e. The zero-order valence-electron chi connectivity index (χ0n) is 20.4. The van der Waals surface area contributed by atoms with Crippen molar-refractivity contribution in [2.75, 3.05) is 7.05 Å². The Morgan fingerprint density at radius 3 is 2.20 bits per heavy atom. The second-order valence-electron chi connectivity index (χ2n) is 12.1. The summed E-state index contributed by atoms with van der Waals surface area (Å²) in [6, 6.07) is 0.947. The second kappa shape index (κ2) is 7.52. The number of rotatable bonds is 3. The molecule has 170 valence electrons. The van der Waals surface area contributed by atoms with Crippen molar-refractivity contribution in [3.8, 4) is 0 Å². The molecule has 0 aromatic rings. The highest BCUT2D eigenvalue weighted by Crippen LogP contribution is 2.66. The summed E-state index contributed by atoms with van der Waals surface area (Å²) in [6.07, 6.45) is 8.86. The first-order valence-corrected chi connectivity index (χ1v) is 12.6. The van der Waals surface area contributed by atoms with Crippen LogP contribution in [-0.2, 0) is 9.59 Å². The van der Waals surface area contributed by atoms with Gasteiger partial charge in [0.15, 0.2) is 0 Å². The summed E-state index contributed by atoms with van der Waals surface area (Å²) in [5, 5.41) is 0. The molecule has 1 aliphatic heterocycles. The van der Waals surface area contributed by atoms with Gasteiger partial charge in [-0.1, -0.05) is 13.8 Å². The Labute approximate surface area is 184 Å². The van der Waals surface area contributed by atoms with Crippen molar-refractivity contribution in [1.29, 1.82) is 0 Å². The summed E-state index contributed by atoms with van der Waals surface area (Å²) in [6.45, 7) is 13.6. The molecule has 4 rings (SSSR count). The summed E-state index contributed by atoms with van der Waals surface area (Å²) in [5.41, 5.74) is 0.413. The van der Waals surface area contributed by atoms with Crippen LogP contribution in [0, 0.1) is 34.5 Å². The number of piperidine rings is 1. The highest BCUT2D eigenvalue weighted by Gasteiger charge is 2.62. The topological polar surface area (TPSA) is 40.6 Å². The zero-order chi connectivity index (χ0) is 22.0. The van der Waals surface area contributed by atoms with Crippen LogP contribution in [0.4, 0.5) is 0 Å². The number of nitrogens with zero attached hydrogens (tertiary/aromatic N) is 2. The highest BCUT2D eigenvalue weighted by molar-refractivity contribution is 5.81. The lowest BCUT2D eigenvalue weighted by molar-refractivity contribution is -0.162. The lowest BCUT2D eigenvalue weighted by Gasteiger charge is -2.61. The number of fused-ring (bicyclic) bond motifs is 5. The van der Waals surface area contributed by atoms with Crippen LogP contribution in [0.5, 0.6) is 0 Å². The summed E-state index contributed by atoms with van der Waals surface area (Å²) in [5.74, 6) is 3.05. The molecule has 0 bridgehead atoms. The van der Waals surface area contributed by atoms with Crippen molar-refractivity contribution in [1.82, 2.24) is 9.80 Å². The molecule has 0 spiro atoms. The van der Waals surface area contributed by atoms with Gasteiger partial charge in [-0.05, 0) is 101 Å². The Balaban J connectivity index is 1.59. The minimum absolute atomic E-state index is 0.153. The molecule has 4 heteroatoms. The summed E-state index contributed by atoms with van der Waals surface area (Å²) < 4.78 is 0. The molecular weight excluding hydrogens is 372 g/mol. The van der Waals surface area contributed by atoms with E-state index in [2.05, 4.69) is 51.3 Å². The van der Waals surface area contributed by atoms with Crippen molar-refractivity contribution in [3.05, 3.63) is 0 Å². The van der Waals surface area contributed by atoms with E-state index < -0.39 is 0 Å². The van der Waals surface area contributed by atoms with Crippen LogP contribution in [0.2, 0.25) is 0 Å². The Morgan fingerprint density at radius 1 is 0.933 bits per heavy atom. The first kappa shape index (κ1) is 22.1. The van der Waals surface area contributed by atoms with Gasteiger partial charge in [-0.3, -0.25) is 9.59 Å². The van der Waals surface area contributed by atoms with E-state index in [9.17, 15) is 9.59 Å². The first-order valence-electron chi connectivity index (χ1n) is 12.6. The Morgan fingerprint density at radius 2 is 1.57 bits per heavy atom. The van der Waals surface area contributed by atoms with Crippen LogP contribution in [0.15, 0.2) is 0 Å². The van der Waals surface area contributed by atoms with Gasteiger partial charge < -0.3 is 9.80 Å². The maximum absolute atomic E-state index is 13.7. The average molecular weight is 417 g/mol. The standard InChI is InChI=1S/C26H44N2O2/c1-16(2)28(17(3)4)24(30)21-10-9-19-18-8-11-22-26(6,15-13-23(29)27(22)7)20(18)12-14-25(19,21)5/h16-22H,8-15H2,1-7H3/t18-,19-,20-,21+,22?,25-,26+/m0/s1. The summed E-state index contributed by atoms with van der Waals surface area (Å²) in [4.78, 5) is 30.3. The van der Waals surface area contributed by atoms with Crippen LogP contribution in [0.1, 0.15) is 92.9 Å². The first-order chi connectivity index (χ1) is 14.0. The van der Waals surface area contributed by atoms with Gasteiger partial charge in [-0.2, -0.15) is 0 Å². The predicted molar refractivity (Wildman–Crippen MR) is 121 cm³/mol. The number of hydrogen-bond acceptors (Lipinski definition) is 2. The number of likely N-dealkylation sites (tertiary alicyclic amines) is 1. The lowest BCUT2D eigenvalue weighted by Crippen LogP contribution is -2.61. The third-order valence-corrected chi connectivity index (χ3v) is 10.2. The molecule has 0 radical (unpaired) electrons. The molecule has 0 aromatic heterocycles. The van der Waals surface area contributed by atoms with Crippen molar-refractivity contribution >= 4 is 11.8 Å². The molecule has 3 saturated carbocycles. The molecule has 2 amide bonds. The fraction of sp³-hybridized carbons (Fsp3) is 0.923. The monoisotopic (exact) mass is 416 g/mol. The number of amides is 2. The minimum Gasteiger partial charge on any atom is -0.342 e. The lowest BCUT2D eigenvalue weighted by atomic mass is 9.47. The van der Waals surface area contributed by atoms with Crippen molar-refractivity contribution in [2.24, 2.45) is 34.5 Å². The molecule has 1 heterocycles. The Bertz CT molecular complexity index is 695. The van der Waals surface area contributed by atoms with Gasteiger partial charge in [0.1, 0.15) is 0 Å². The molecule has 1 saturated heterocycles. The molecule has 0 N–H and O–H groups in total. The van der Waals surface area contributed by atoms with E-state index in [1.165, 1.54) is 25.7 Å². The molecule has 4 nitrogen and oxygen atoms in total. The molecule has 30 heavy (non-hydrogen) atoms. The molecule has 7 atom stereocenters. The Hall–Kier alpha value is -1.06. The van der Waals surface area contributed by atoms with Crippen LogP contribution in [0.25, 0.3) is 0 Å². The molecule has 1 unspecified atom stereocenters. The van der Waals surface area contributed by atoms with Gasteiger partial charge >= 0.3 is 0 Å². The number of hydrogen-bond donors (Lipinski definition) is 0. The maximum Gasteiger partial charge on any atom is 0.226 e. The number of carbonyl (C=O) groups excluding carboxylic acids is 2. The fourth-order valence-corrected chi connectivity index (χ4v) is 8.84. The predicted octanol–water partition coefficient (Wildman–Crippen LogP) is 5.11. The molecule has 0 aromatic carbocycles. The molecule has 4 fully saturated rings. The van der Waals surface area contributed by atoms with Gasteiger partial charge in [0.25, 0.3) is 0 Å². The third kappa shape index (κ3) is 3.06. The van der Waals surface area contributed by atoms with Crippen molar-refractivity contribution in [3.63, 3.8) is 0 Å². The largest absolute Gasteiger partial charge is 0.342 e. The normalized spacial score (nSPS) is 43.4. The minimum atomic E-state index is 0.153. The van der Waals surface area contributed by atoms with E-state index in [1.807, 2.05) is 7.05 Å². The van der Waals surface area contributed by atoms with Gasteiger partial charge in [-0.15, -0.1) is 0 Å². The SMILES string of the molecule is CC(C)N(C(=O)[C@H]1CC[C@H]2[C@@H]3CCC4N(C)C(=O)CC[C@]4(C)[C@H]3CC[C@]12C)C(C)C. The number of carbonyl (C=O) groups is 2. The quantitative estimate of drug-likeness (QED) is 0.641. The van der Waals surface area contributed by atoms with Crippen molar-refractivity contribution < 1.29 is 9.59 Å². The van der Waals surface area contributed by atoms with E-state index in [1.54, 1.807) is 0 Å². The van der Waals surface area contributed by atoms with Gasteiger partial charge in [-0.25, -0.2) is 0 Å². The molecular formula is C26H44N2O2. The van der Waals surface area contributed by atoms with Gasteiger partial charge in [0.05, 0.1) is 0 Å². The van der Waals surface area contributed by atoms with E-state index in [4.69, 9.17) is 0 Å². The average Bonchev–Trinajstić information content (AvgIpc) is 3.01. The molecule has 3 aliphatic carbocycles. The summed E-state index contributed by atoms with van der Waals surface area (Å²) in [7, 11) is 2.04.